The Kier molecular flexibility index (Phi) is 28.5. The first kappa shape index (κ1) is 51.6. The topological polar surface area (TPSA) is 107 Å². The number of benzene rings is 1. The van der Waals surface area contributed by atoms with Crippen molar-refractivity contribution in [3.8, 4) is 11.5 Å². The van der Waals surface area contributed by atoms with E-state index in [1.165, 1.54) is 51.6 Å². The number of aromatic hydroxyl groups is 1. The van der Waals surface area contributed by atoms with Crippen molar-refractivity contribution in [3.63, 3.8) is 0 Å². The quantitative estimate of drug-likeness (QED) is 0.0421. The molecule has 54 heavy (non-hydrogen) atoms. The number of rotatable bonds is 26. The molecular formula is C46H69NaO6S. The van der Waals surface area contributed by atoms with Crippen LogP contribution in [0.15, 0.2) is 111 Å². The first-order valence-electron chi connectivity index (χ1n) is 19.4. The van der Waals surface area contributed by atoms with Crippen LogP contribution in [-0.4, -0.2) is 29.8 Å². The molecule has 0 aliphatic heterocycles. The van der Waals surface area contributed by atoms with Crippen molar-refractivity contribution in [1.29, 1.82) is 0 Å². The molecule has 8 heteroatoms. The van der Waals surface area contributed by atoms with Crippen LogP contribution in [0.2, 0.25) is 0 Å². The average molecular weight is 773 g/mol. The molecule has 0 fully saturated rings. The van der Waals surface area contributed by atoms with E-state index < -0.39 is 10.4 Å². The van der Waals surface area contributed by atoms with Gasteiger partial charge >= 0.3 is 29.6 Å². The van der Waals surface area contributed by atoms with Gasteiger partial charge in [-0.25, -0.2) is 8.42 Å². The molecule has 296 valence electrons. The maximum Gasteiger partial charge on any atom is 1.00 e. The molecule has 0 atom stereocenters. The molecule has 0 bridgehead atoms. The Balaban J connectivity index is 0.0000281. The van der Waals surface area contributed by atoms with Gasteiger partial charge in [0.25, 0.3) is 10.4 Å². The Labute approximate surface area is 351 Å². The van der Waals surface area contributed by atoms with Gasteiger partial charge < -0.3 is 18.9 Å². The summed E-state index contributed by atoms with van der Waals surface area (Å²) < 4.78 is 37.0. The zero-order chi connectivity index (χ0) is 39.6. The molecule has 0 spiro atoms. The van der Waals surface area contributed by atoms with E-state index in [-0.39, 0.29) is 47.7 Å². The van der Waals surface area contributed by atoms with Crippen LogP contribution in [0.4, 0.5) is 0 Å². The van der Waals surface area contributed by atoms with Crippen molar-refractivity contribution in [2.24, 2.45) is 0 Å². The SMILES string of the molecule is CC(C)=CCC/C(C)=C/CC/C(C)=C/CC/C(=C/CC/C(C)=C/CC/C(C)=C/CC/C(C)=C/CC/C(C)=C/Cc1cc(OS(=O)(=O)[O-])ccc1O)CO.[Na+]. The summed E-state index contributed by atoms with van der Waals surface area (Å²) in [6, 6.07) is 3.95. The van der Waals surface area contributed by atoms with Gasteiger partial charge in [-0.05, 0) is 175 Å². The van der Waals surface area contributed by atoms with E-state index in [9.17, 15) is 23.2 Å². The van der Waals surface area contributed by atoms with Gasteiger partial charge in [0.15, 0.2) is 0 Å². The molecule has 0 heterocycles. The van der Waals surface area contributed by atoms with Crippen LogP contribution < -0.4 is 33.7 Å². The molecule has 0 aliphatic rings. The standard InChI is InChI=1S/C46H70O6S.Na/c1-36(2)16-9-17-37(3)18-10-22-40(6)26-14-28-43(35-47)29-15-27-41(7)23-12-21-38(4)19-11-20-39(5)24-13-25-42(8)30-31-44-34-45(32-33-46(44)48)52-53(49,50)51;/h16,18-19,23-24,26,29-30,32-34,47-48H,9-15,17,20-22,25,27-28,31,35H2,1-8H3,(H,49,50,51);/q;+1/p-1/b37-18+,38-19+,39-24+,40-26+,41-23+,42-30+,43-29-;. The molecule has 0 radical (unpaired) electrons. The van der Waals surface area contributed by atoms with E-state index in [1.54, 1.807) is 0 Å². The first-order valence-corrected chi connectivity index (χ1v) is 20.7. The molecule has 0 saturated heterocycles. The Morgan fingerprint density at radius 3 is 1.35 bits per heavy atom. The van der Waals surface area contributed by atoms with E-state index in [1.807, 2.05) is 13.0 Å². The fraction of sp³-hybridized carbons (Fsp3) is 0.522. The van der Waals surface area contributed by atoms with E-state index in [2.05, 4.69) is 95.2 Å². The van der Waals surface area contributed by atoms with Gasteiger partial charge in [-0.3, -0.25) is 0 Å². The molecule has 1 aromatic carbocycles. The predicted molar refractivity (Wildman–Crippen MR) is 224 cm³/mol. The van der Waals surface area contributed by atoms with Gasteiger partial charge in [-0.1, -0.05) is 87.6 Å². The second-order valence-electron chi connectivity index (χ2n) is 14.9. The summed E-state index contributed by atoms with van der Waals surface area (Å²) in [6.07, 6.45) is 33.0. The van der Waals surface area contributed by atoms with Crippen LogP contribution in [0.1, 0.15) is 151 Å². The number of aliphatic hydroxyl groups is 1. The van der Waals surface area contributed by atoms with Gasteiger partial charge in [0.2, 0.25) is 0 Å². The summed E-state index contributed by atoms with van der Waals surface area (Å²) in [4.78, 5) is 0. The molecule has 0 unspecified atom stereocenters. The minimum Gasteiger partial charge on any atom is -0.716 e. The largest absolute Gasteiger partial charge is 1.00 e. The number of phenols is 1. The van der Waals surface area contributed by atoms with Gasteiger partial charge in [0.05, 0.1) is 6.61 Å². The molecule has 0 saturated carbocycles. The summed E-state index contributed by atoms with van der Waals surface area (Å²) in [5.74, 6) is -0.0817. The molecular weight excluding hydrogens is 704 g/mol. The normalized spacial score (nSPS) is 13.9. The number of aliphatic hydroxyl groups excluding tert-OH is 1. The number of hydrogen-bond acceptors (Lipinski definition) is 6. The zero-order valence-corrected chi connectivity index (χ0v) is 37.9. The fourth-order valence-corrected chi connectivity index (χ4v) is 6.16. The van der Waals surface area contributed by atoms with Crippen molar-refractivity contribution >= 4 is 10.4 Å². The summed E-state index contributed by atoms with van der Waals surface area (Å²) >= 11 is 0. The van der Waals surface area contributed by atoms with Crippen LogP contribution in [-0.2, 0) is 16.8 Å². The average Bonchev–Trinajstić information content (AvgIpc) is 3.07. The minimum absolute atomic E-state index is 0. The monoisotopic (exact) mass is 772 g/mol. The third-order valence-corrected chi connectivity index (χ3v) is 9.67. The smallest absolute Gasteiger partial charge is 0.716 e. The van der Waals surface area contributed by atoms with Crippen molar-refractivity contribution in [2.45, 2.75) is 152 Å². The predicted octanol–water partition coefficient (Wildman–Crippen LogP) is 9.80. The minimum atomic E-state index is -4.86. The van der Waals surface area contributed by atoms with Crippen LogP contribution in [0.5, 0.6) is 11.5 Å². The third kappa shape index (κ3) is 28.1. The van der Waals surface area contributed by atoms with E-state index in [0.717, 1.165) is 101 Å². The fourth-order valence-electron chi connectivity index (χ4n) is 5.82. The van der Waals surface area contributed by atoms with E-state index in [4.69, 9.17) is 0 Å². The zero-order valence-electron chi connectivity index (χ0n) is 35.1. The van der Waals surface area contributed by atoms with Gasteiger partial charge in [-0.15, -0.1) is 0 Å². The Bertz CT molecular complexity index is 1620. The summed E-state index contributed by atoms with van der Waals surface area (Å²) in [7, 11) is -4.86. The molecule has 0 aliphatic carbocycles. The van der Waals surface area contributed by atoms with Gasteiger partial charge in [0.1, 0.15) is 11.5 Å². The third-order valence-electron chi connectivity index (χ3n) is 9.27. The molecule has 2 N–H and O–H groups in total. The Hall–Kier alpha value is -2.39. The number of phenolic OH excluding ortho intramolecular Hbond substituents is 1. The molecule has 1 rings (SSSR count). The van der Waals surface area contributed by atoms with Crippen LogP contribution >= 0.6 is 0 Å². The van der Waals surface area contributed by atoms with Crippen molar-refractivity contribution < 1.29 is 56.9 Å². The molecule has 6 nitrogen and oxygen atoms in total. The van der Waals surface area contributed by atoms with Crippen molar-refractivity contribution in [2.75, 3.05) is 6.61 Å². The second kappa shape index (κ2) is 29.8. The second-order valence-corrected chi connectivity index (χ2v) is 15.8. The van der Waals surface area contributed by atoms with Crippen molar-refractivity contribution in [3.05, 3.63) is 117 Å². The van der Waals surface area contributed by atoms with Gasteiger partial charge in [0, 0.05) is 5.56 Å². The molecule has 0 aromatic heterocycles. The summed E-state index contributed by atoms with van der Waals surface area (Å²) in [5, 5.41) is 20.0. The van der Waals surface area contributed by atoms with Crippen LogP contribution in [0, 0.1) is 0 Å². The maximum atomic E-state index is 10.9. The maximum absolute atomic E-state index is 10.9. The van der Waals surface area contributed by atoms with Crippen LogP contribution in [0.3, 0.4) is 0 Å². The number of allylic oxidation sites excluding steroid dienone is 15. The van der Waals surface area contributed by atoms with Gasteiger partial charge in [-0.2, -0.15) is 0 Å². The first-order chi connectivity index (χ1) is 25.1. The summed E-state index contributed by atoms with van der Waals surface area (Å²) in [5.41, 5.74) is 11.3. The van der Waals surface area contributed by atoms with E-state index >= 15 is 0 Å². The van der Waals surface area contributed by atoms with Crippen molar-refractivity contribution in [1.82, 2.24) is 0 Å². The number of hydrogen-bond donors (Lipinski definition) is 2. The summed E-state index contributed by atoms with van der Waals surface area (Å²) in [6.45, 7) is 17.5. The Morgan fingerprint density at radius 2 is 0.963 bits per heavy atom. The molecule has 0 amide bonds. The molecule has 1 aromatic rings. The van der Waals surface area contributed by atoms with E-state index in [0.29, 0.717) is 12.0 Å². The Morgan fingerprint density at radius 1 is 0.593 bits per heavy atom. The van der Waals surface area contributed by atoms with Crippen LogP contribution in [0.25, 0.3) is 0 Å².